The second kappa shape index (κ2) is 9.92. The summed E-state index contributed by atoms with van der Waals surface area (Å²) in [4.78, 5) is 28.3. The Hall–Kier alpha value is -2.93. The van der Waals surface area contributed by atoms with Gasteiger partial charge in [-0.3, -0.25) is 9.36 Å². The van der Waals surface area contributed by atoms with Crippen LogP contribution in [-0.2, 0) is 11.2 Å². The molecule has 1 N–H and O–H groups in total. The molecule has 4 rings (SSSR count). The van der Waals surface area contributed by atoms with E-state index >= 15 is 0 Å². The van der Waals surface area contributed by atoms with E-state index in [0.29, 0.717) is 18.9 Å². The molecule has 0 saturated carbocycles. The topological polar surface area (TPSA) is 75.9 Å². The van der Waals surface area contributed by atoms with Crippen LogP contribution in [0.1, 0.15) is 36.8 Å². The van der Waals surface area contributed by atoms with Crippen LogP contribution in [0.3, 0.4) is 0 Å². The van der Waals surface area contributed by atoms with Crippen molar-refractivity contribution in [2.75, 3.05) is 18.0 Å². The summed E-state index contributed by atoms with van der Waals surface area (Å²) in [5.74, 6) is 1.55. The summed E-state index contributed by atoms with van der Waals surface area (Å²) in [6, 6.07) is 7.87. The van der Waals surface area contributed by atoms with Gasteiger partial charge in [-0.05, 0) is 44.2 Å². The van der Waals surface area contributed by atoms with E-state index in [9.17, 15) is 4.79 Å². The third kappa shape index (κ3) is 5.22. The van der Waals surface area contributed by atoms with Crippen molar-refractivity contribution >= 4 is 23.3 Å². The van der Waals surface area contributed by atoms with Gasteiger partial charge in [0.2, 0.25) is 11.9 Å². The maximum Gasteiger partial charge on any atom is 0.236 e. The van der Waals surface area contributed by atoms with Crippen molar-refractivity contribution in [2.24, 2.45) is 0 Å². The number of aryl methyl sites for hydroxylation is 1. The number of rotatable bonds is 7. The first-order chi connectivity index (χ1) is 15.1. The van der Waals surface area contributed by atoms with E-state index in [-0.39, 0.29) is 11.9 Å². The van der Waals surface area contributed by atoms with Crippen LogP contribution in [0.5, 0.6) is 0 Å². The molecule has 1 fully saturated rings. The SMILES string of the molecule is Cc1cnc(-n2ccnc2)nc1N1CCCCC1CC(=O)NCCc1ccccc1Cl. The largest absolute Gasteiger partial charge is 0.356 e. The monoisotopic (exact) mass is 438 g/mol. The number of anilines is 1. The molecule has 1 amide bonds. The fourth-order valence-electron chi connectivity index (χ4n) is 4.03. The fourth-order valence-corrected chi connectivity index (χ4v) is 4.26. The Morgan fingerprint density at radius 2 is 2.16 bits per heavy atom. The average Bonchev–Trinajstić information content (AvgIpc) is 3.31. The Balaban J connectivity index is 1.41. The number of piperidine rings is 1. The van der Waals surface area contributed by atoms with Crippen molar-refractivity contribution in [1.29, 1.82) is 0 Å². The van der Waals surface area contributed by atoms with Crippen molar-refractivity contribution in [3.05, 3.63) is 65.3 Å². The van der Waals surface area contributed by atoms with Gasteiger partial charge in [0.15, 0.2) is 0 Å². The minimum atomic E-state index is 0.0606. The highest BCUT2D eigenvalue weighted by Gasteiger charge is 2.27. The zero-order valence-electron chi connectivity index (χ0n) is 17.7. The molecular weight excluding hydrogens is 412 g/mol. The fraction of sp³-hybridized carbons (Fsp3) is 0.391. The van der Waals surface area contributed by atoms with Crippen LogP contribution in [0.15, 0.2) is 49.2 Å². The number of hydrogen-bond acceptors (Lipinski definition) is 5. The third-order valence-corrected chi connectivity index (χ3v) is 6.03. The highest BCUT2D eigenvalue weighted by atomic mass is 35.5. The van der Waals surface area contributed by atoms with Gasteiger partial charge in [0.05, 0.1) is 0 Å². The molecule has 0 radical (unpaired) electrons. The minimum absolute atomic E-state index is 0.0606. The number of nitrogens with zero attached hydrogens (tertiary/aromatic N) is 5. The summed E-state index contributed by atoms with van der Waals surface area (Å²) < 4.78 is 1.79. The van der Waals surface area contributed by atoms with Crippen LogP contribution < -0.4 is 10.2 Å². The number of aromatic nitrogens is 4. The number of amides is 1. The highest BCUT2D eigenvalue weighted by molar-refractivity contribution is 6.31. The van der Waals surface area contributed by atoms with Crippen LogP contribution in [0.2, 0.25) is 5.02 Å². The number of hydrogen-bond donors (Lipinski definition) is 1. The smallest absolute Gasteiger partial charge is 0.236 e. The van der Waals surface area contributed by atoms with Gasteiger partial charge < -0.3 is 10.2 Å². The molecule has 1 atom stereocenters. The van der Waals surface area contributed by atoms with E-state index in [1.54, 1.807) is 17.1 Å². The molecule has 1 aliphatic heterocycles. The lowest BCUT2D eigenvalue weighted by molar-refractivity contribution is -0.121. The van der Waals surface area contributed by atoms with Gasteiger partial charge in [0.25, 0.3) is 0 Å². The first-order valence-corrected chi connectivity index (χ1v) is 11.1. The lowest BCUT2D eigenvalue weighted by atomic mass is 9.98. The lowest BCUT2D eigenvalue weighted by Crippen LogP contribution is -2.44. The summed E-state index contributed by atoms with van der Waals surface area (Å²) in [6.07, 6.45) is 11.4. The molecular formula is C23H27ClN6O. The predicted molar refractivity (Wildman–Crippen MR) is 122 cm³/mol. The Labute approximate surface area is 187 Å². The van der Waals surface area contributed by atoms with E-state index in [4.69, 9.17) is 16.6 Å². The van der Waals surface area contributed by atoms with Gasteiger partial charge in [0, 0.05) is 54.7 Å². The molecule has 7 nitrogen and oxygen atoms in total. The Morgan fingerprint density at radius 3 is 2.97 bits per heavy atom. The van der Waals surface area contributed by atoms with Crippen LogP contribution in [0, 0.1) is 6.92 Å². The molecule has 1 saturated heterocycles. The van der Waals surface area contributed by atoms with E-state index in [2.05, 4.69) is 20.2 Å². The molecule has 31 heavy (non-hydrogen) atoms. The second-order valence-corrected chi connectivity index (χ2v) is 8.29. The first kappa shape index (κ1) is 21.3. The van der Waals surface area contributed by atoms with E-state index in [1.807, 2.05) is 43.6 Å². The second-order valence-electron chi connectivity index (χ2n) is 7.89. The Bertz CT molecular complexity index is 1020. The number of carbonyl (C=O) groups excluding carboxylic acids is 1. The maximum atomic E-state index is 12.7. The van der Waals surface area contributed by atoms with Crippen molar-refractivity contribution in [3.8, 4) is 5.95 Å². The molecule has 0 bridgehead atoms. The van der Waals surface area contributed by atoms with Gasteiger partial charge in [-0.2, -0.15) is 4.98 Å². The van der Waals surface area contributed by atoms with Crippen molar-refractivity contribution < 1.29 is 4.79 Å². The van der Waals surface area contributed by atoms with Crippen LogP contribution in [0.4, 0.5) is 5.82 Å². The first-order valence-electron chi connectivity index (χ1n) is 10.7. The van der Waals surface area contributed by atoms with E-state index in [0.717, 1.165) is 54.2 Å². The number of benzene rings is 1. The molecule has 8 heteroatoms. The van der Waals surface area contributed by atoms with Crippen molar-refractivity contribution in [2.45, 2.75) is 45.1 Å². The normalized spacial score (nSPS) is 16.3. The molecule has 1 aromatic carbocycles. The molecule has 3 aromatic rings. The van der Waals surface area contributed by atoms with Gasteiger partial charge in [-0.15, -0.1) is 0 Å². The standard InChI is InChI=1S/C23H27ClN6O/c1-17-15-27-23(29-13-11-25-16-29)28-22(17)30-12-5-4-7-19(30)14-21(31)26-10-9-18-6-2-3-8-20(18)24/h2-3,6,8,11,13,15-16,19H,4-5,7,9-10,12,14H2,1H3,(H,26,31). The lowest BCUT2D eigenvalue weighted by Gasteiger charge is -2.37. The highest BCUT2D eigenvalue weighted by Crippen LogP contribution is 2.28. The van der Waals surface area contributed by atoms with Crippen LogP contribution >= 0.6 is 11.6 Å². The molecule has 2 aromatic heterocycles. The van der Waals surface area contributed by atoms with Gasteiger partial charge >= 0.3 is 0 Å². The summed E-state index contributed by atoms with van der Waals surface area (Å²) in [5, 5.41) is 3.80. The average molecular weight is 439 g/mol. The molecule has 3 heterocycles. The zero-order valence-corrected chi connectivity index (χ0v) is 18.4. The van der Waals surface area contributed by atoms with Gasteiger partial charge in [-0.25, -0.2) is 9.97 Å². The minimum Gasteiger partial charge on any atom is -0.356 e. The summed E-state index contributed by atoms with van der Waals surface area (Å²) >= 11 is 6.21. The maximum absolute atomic E-state index is 12.7. The quantitative estimate of drug-likeness (QED) is 0.608. The van der Waals surface area contributed by atoms with Crippen molar-refractivity contribution in [3.63, 3.8) is 0 Å². The summed E-state index contributed by atoms with van der Waals surface area (Å²) in [5.41, 5.74) is 2.06. The molecule has 0 spiro atoms. The predicted octanol–water partition coefficient (Wildman–Crippen LogP) is 3.73. The summed E-state index contributed by atoms with van der Waals surface area (Å²) in [7, 11) is 0. The van der Waals surface area contributed by atoms with Crippen LogP contribution in [0.25, 0.3) is 5.95 Å². The van der Waals surface area contributed by atoms with Crippen LogP contribution in [-0.4, -0.2) is 44.6 Å². The van der Waals surface area contributed by atoms with E-state index < -0.39 is 0 Å². The van der Waals surface area contributed by atoms with E-state index in [1.165, 1.54) is 0 Å². The zero-order chi connectivity index (χ0) is 21.6. The number of imidazole rings is 1. The Morgan fingerprint density at radius 1 is 1.29 bits per heavy atom. The number of nitrogens with one attached hydrogen (secondary N) is 1. The number of carbonyl (C=O) groups is 1. The van der Waals surface area contributed by atoms with Gasteiger partial charge in [-0.1, -0.05) is 29.8 Å². The molecule has 162 valence electrons. The molecule has 1 aliphatic rings. The molecule has 0 aliphatic carbocycles. The third-order valence-electron chi connectivity index (χ3n) is 5.66. The summed E-state index contributed by atoms with van der Waals surface area (Å²) in [6.45, 7) is 3.48. The van der Waals surface area contributed by atoms with Crippen molar-refractivity contribution in [1.82, 2.24) is 24.8 Å². The Kier molecular flexibility index (Phi) is 6.82. The van der Waals surface area contributed by atoms with Gasteiger partial charge in [0.1, 0.15) is 12.1 Å². The molecule has 1 unspecified atom stereocenters. The number of halogens is 1.